The molecule has 0 spiro atoms. The number of benzene rings is 2. The minimum absolute atomic E-state index is 0.0164. The summed E-state index contributed by atoms with van der Waals surface area (Å²) in [6.45, 7) is 4.66. The highest BCUT2D eigenvalue weighted by Gasteiger charge is 2.31. The fraction of sp³-hybridized carbons (Fsp3) is 0.409. The van der Waals surface area contributed by atoms with Gasteiger partial charge in [-0.3, -0.25) is 4.79 Å². The van der Waals surface area contributed by atoms with Crippen LogP contribution in [0.4, 0.5) is 13.2 Å². The number of halogens is 3. The van der Waals surface area contributed by atoms with E-state index in [2.05, 4.69) is 5.32 Å². The van der Waals surface area contributed by atoms with Gasteiger partial charge in [-0.25, -0.2) is 0 Å². The van der Waals surface area contributed by atoms with Crippen LogP contribution < -0.4 is 19.9 Å². The van der Waals surface area contributed by atoms with Gasteiger partial charge < -0.3 is 19.9 Å². The number of alkyl halides is 3. The molecule has 5 nitrogen and oxygen atoms in total. The van der Waals surface area contributed by atoms with E-state index in [9.17, 15) is 18.0 Å². The maximum absolute atomic E-state index is 12.9. The van der Waals surface area contributed by atoms with Gasteiger partial charge in [0, 0.05) is 17.7 Å². The van der Waals surface area contributed by atoms with Gasteiger partial charge in [-0.2, -0.15) is 13.2 Å². The Kier molecular flexibility index (Phi) is 7.33. The molecule has 0 unspecified atom stereocenters. The number of hydrogen-bond donors (Lipinski definition) is 3. The Morgan fingerprint density at radius 1 is 1.03 bits per heavy atom. The Balaban J connectivity index is 1.43. The number of hydrogen-bond acceptors (Lipinski definition) is 2. The van der Waals surface area contributed by atoms with Crippen molar-refractivity contribution in [2.45, 2.75) is 19.3 Å². The summed E-state index contributed by atoms with van der Waals surface area (Å²) in [5, 5.41) is 2.94. The molecule has 1 saturated heterocycles. The second-order valence-electron chi connectivity index (χ2n) is 7.64. The minimum Gasteiger partial charge on any atom is -0.496 e. The molecule has 162 valence electrons. The van der Waals surface area contributed by atoms with Gasteiger partial charge in [0.2, 0.25) is 0 Å². The van der Waals surface area contributed by atoms with E-state index in [1.165, 1.54) is 21.9 Å². The van der Waals surface area contributed by atoms with E-state index in [1.54, 1.807) is 13.2 Å². The van der Waals surface area contributed by atoms with Gasteiger partial charge in [0.05, 0.1) is 12.7 Å². The minimum atomic E-state index is -4.31. The standard InChI is InChI=1S/C22H26F3N3O2/c1-30-20-8-3-2-6-18(20)14-26-21(29)16-28-11-9-27(10-12-28)15-17-5-4-7-19(13-17)22(23,24)25/h2-8,13H,9-12,14-16H2,1H3,(H,26,29)/p+2. The number of carbonyl (C=O) groups excluding carboxylic acids is 1. The van der Waals surface area contributed by atoms with Crippen LogP contribution in [-0.4, -0.2) is 45.7 Å². The monoisotopic (exact) mass is 423 g/mol. The zero-order chi connectivity index (χ0) is 21.6. The van der Waals surface area contributed by atoms with Gasteiger partial charge >= 0.3 is 6.18 Å². The molecule has 2 aromatic rings. The maximum Gasteiger partial charge on any atom is 0.416 e. The summed E-state index contributed by atoms with van der Waals surface area (Å²) >= 11 is 0. The molecule has 1 amide bonds. The van der Waals surface area contributed by atoms with Gasteiger partial charge in [0.1, 0.15) is 38.5 Å². The van der Waals surface area contributed by atoms with Gasteiger partial charge in [-0.15, -0.1) is 0 Å². The zero-order valence-corrected chi connectivity index (χ0v) is 17.0. The van der Waals surface area contributed by atoms with E-state index >= 15 is 0 Å². The topological polar surface area (TPSA) is 47.2 Å². The van der Waals surface area contributed by atoms with Crippen molar-refractivity contribution in [2.24, 2.45) is 0 Å². The van der Waals surface area contributed by atoms with Crippen molar-refractivity contribution in [3.05, 3.63) is 65.2 Å². The number of carbonyl (C=O) groups is 1. The van der Waals surface area contributed by atoms with Crippen molar-refractivity contribution in [1.82, 2.24) is 5.32 Å². The molecule has 0 radical (unpaired) electrons. The first-order valence-electron chi connectivity index (χ1n) is 10.1. The summed E-state index contributed by atoms with van der Waals surface area (Å²) in [5.74, 6) is 0.731. The fourth-order valence-electron chi connectivity index (χ4n) is 3.79. The number of ether oxygens (including phenoxy) is 1. The first-order valence-corrected chi connectivity index (χ1v) is 10.1. The molecule has 1 heterocycles. The second-order valence-corrected chi connectivity index (χ2v) is 7.64. The molecule has 0 saturated carbocycles. The van der Waals surface area contributed by atoms with E-state index < -0.39 is 11.7 Å². The lowest BCUT2D eigenvalue weighted by atomic mass is 10.1. The number of para-hydroxylation sites is 1. The van der Waals surface area contributed by atoms with E-state index in [4.69, 9.17) is 4.74 Å². The predicted molar refractivity (Wildman–Crippen MR) is 106 cm³/mol. The summed E-state index contributed by atoms with van der Waals surface area (Å²) in [4.78, 5) is 14.7. The van der Waals surface area contributed by atoms with Crippen LogP contribution in [0.15, 0.2) is 48.5 Å². The Bertz CT molecular complexity index is 850. The smallest absolute Gasteiger partial charge is 0.416 e. The molecular formula is C22H28F3N3O2+2. The van der Waals surface area contributed by atoms with Crippen molar-refractivity contribution in [3.8, 4) is 5.75 Å². The average Bonchev–Trinajstić information content (AvgIpc) is 2.73. The highest BCUT2D eigenvalue weighted by molar-refractivity contribution is 5.76. The van der Waals surface area contributed by atoms with Crippen LogP contribution in [0.3, 0.4) is 0 Å². The molecule has 0 atom stereocenters. The van der Waals surface area contributed by atoms with Crippen molar-refractivity contribution >= 4 is 5.91 Å². The first kappa shape index (κ1) is 22.1. The second kappa shape index (κ2) is 9.95. The van der Waals surface area contributed by atoms with Gasteiger partial charge in [-0.05, 0) is 18.2 Å². The zero-order valence-electron chi connectivity index (χ0n) is 17.0. The summed E-state index contributed by atoms with van der Waals surface area (Å²) in [6.07, 6.45) is -4.31. The van der Waals surface area contributed by atoms with Gasteiger partial charge in [0.25, 0.3) is 5.91 Å². The largest absolute Gasteiger partial charge is 0.496 e. The number of methoxy groups -OCH3 is 1. The Hall–Kier alpha value is -2.58. The molecule has 0 bridgehead atoms. The summed E-state index contributed by atoms with van der Waals surface area (Å²) < 4.78 is 43.9. The van der Waals surface area contributed by atoms with Crippen LogP contribution in [0.25, 0.3) is 0 Å². The number of piperazine rings is 1. The number of quaternary nitrogens is 2. The lowest BCUT2D eigenvalue weighted by Crippen LogP contribution is -3.28. The lowest BCUT2D eigenvalue weighted by Gasteiger charge is -2.29. The number of nitrogens with one attached hydrogen (secondary N) is 3. The van der Waals surface area contributed by atoms with E-state index in [0.29, 0.717) is 25.2 Å². The third kappa shape index (κ3) is 6.21. The Labute approximate surface area is 174 Å². The van der Waals surface area contributed by atoms with Crippen LogP contribution in [0.2, 0.25) is 0 Å². The summed E-state index contributed by atoms with van der Waals surface area (Å²) in [5.41, 5.74) is 1.02. The fourth-order valence-corrected chi connectivity index (χ4v) is 3.79. The highest BCUT2D eigenvalue weighted by atomic mass is 19.4. The predicted octanol–water partition coefficient (Wildman–Crippen LogP) is 0.314. The Morgan fingerprint density at radius 3 is 2.43 bits per heavy atom. The molecule has 8 heteroatoms. The summed E-state index contributed by atoms with van der Waals surface area (Å²) in [6, 6.07) is 13.1. The molecule has 1 fully saturated rings. The van der Waals surface area contributed by atoms with Crippen LogP contribution in [0.5, 0.6) is 5.75 Å². The molecule has 2 aromatic carbocycles. The SMILES string of the molecule is COc1ccccc1CNC(=O)C[NH+]1CC[NH+](Cc2cccc(C(F)(F)F)c2)CC1. The third-order valence-corrected chi connectivity index (χ3v) is 5.45. The number of rotatable bonds is 7. The van der Waals surface area contributed by atoms with Crippen LogP contribution in [0, 0.1) is 0 Å². The molecule has 3 N–H and O–H groups in total. The molecule has 0 aromatic heterocycles. The molecule has 1 aliphatic heterocycles. The van der Waals surface area contributed by atoms with Crippen LogP contribution in [0.1, 0.15) is 16.7 Å². The molecule has 0 aliphatic carbocycles. The first-order chi connectivity index (χ1) is 14.3. The van der Waals surface area contributed by atoms with Gasteiger partial charge in [0.15, 0.2) is 6.54 Å². The maximum atomic E-state index is 12.9. The van der Waals surface area contributed by atoms with E-state index in [0.717, 1.165) is 43.6 Å². The number of amides is 1. The van der Waals surface area contributed by atoms with Crippen molar-refractivity contribution in [1.29, 1.82) is 0 Å². The highest BCUT2D eigenvalue weighted by Crippen LogP contribution is 2.29. The van der Waals surface area contributed by atoms with Crippen molar-refractivity contribution < 1.29 is 32.5 Å². The van der Waals surface area contributed by atoms with Crippen molar-refractivity contribution in [2.75, 3.05) is 39.8 Å². The van der Waals surface area contributed by atoms with Gasteiger partial charge in [-0.1, -0.05) is 30.3 Å². The lowest BCUT2D eigenvalue weighted by molar-refractivity contribution is -1.02. The van der Waals surface area contributed by atoms with E-state index in [-0.39, 0.29) is 5.91 Å². The average molecular weight is 423 g/mol. The van der Waals surface area contributed by atoms with Crippen molar-refractivity contribution in [3.63, 3.8) is 0 Å². The molecule has 3 rings (SSSR count). The Morgan fingerprint density at radius 2 is 1.73 bits per heavy atom. The molecular weight excluding hydrogens is 395 g/mol. The summed E-state index contributed by atoms with van der Waals surface area (Å²) in [7, 11) is 1.60. The van der Waals surface area contributed by atoms with Crippen LogP contribution >= 0.6 is 0 Å². The van der Waals surface area contributed by atoms with Crippen LogP contribution in [-0.2, 0) is 24.1 Å². The molecule has 1 aliphatic rings. The normalized spacial score (nSPS) is 19.3. The van der Waals surface area contributed by atoms with E-state index in [1.807, 2.05) is 24.3 Å². The quantitative estimate of drug-likeness (QED) is 0.601. The third-order valence-electron chi connectivity index (χ3n) is 5.45. The molecule has 30 heavy (non-hydrogen) atoms.